The number of aryl methyl sites for hydroxylation is 1. The van der Waals surface area contributed by atoms with Crippen LogP contribution >= 0.6 is 23.1 Å². The fourth-order valence-electron chi connectivity index (χ4n) is 3.75. The molecule has 0 saturated heterocycles. The maximum Gasteiger partial charge on any atom is 0.191 e. The lowest BCUT2D eigenvalue weighted by atomic mass is 10.1. The second kappa shape index (κ2) is 9.54. The van der Waals surface area contributed by atoms with Crippen LogP contribution in [0.2, 0.25) is 0 Å². The van der Waals surface area contributed by atoms with Gasteiger partial charge in [0.15, 0.2) is 10.9 Å². The van der Waals surface area contributed by atoms with Crippen LogP contribution in [0.25, 0.3) is 10.9 Å². The van der Waals surface area contributed by atoms with Crippen molar-refractivity contribution >= 4 is 39.8 Å². The van der Waals surface area contributed by atoms with Crippen molar-refractivity contribution < 1.29 is 4.79 Å². The molecule has 7 heteroatoms. The predicted molar refractivity (Wildman–Crippen MR) is 131 cm³/mol. The highest BCUT2D eigenvalue weighted by Crippen LogP contribution is 2.24. The number of para-hydroxylation sites is 1. The summed E-state index contributed by atoms with van der Waals surface area (Å²) in [6, 6.07) is 22.5. The third kappa shape index (κ3) is 4.54. The molecule has 2 aromatic carbocycles. The molecule has 5 rings (SSSR count). The van der Waals surface area contributed by atoms with E-state index in [2.05, 4.69) is 61.5 Å². The number of aromatic nitrogens is 4. The van der Waals surface area contributed by atoms with Gasteiger partial charge in [0, 0.05) is 40.5 Å². The number of ketones is 1. The first-order valence-electron chi connectivity index (χ1n) is 10.5. The number of carbonyl (C=O) groups excluding carboxylic acids is 1. The Hall–Kier alpha value is -3.16. The van der Waals surface area contributed by atoms with Crippen LogP contribution in [0.5, 0.6) is 0 Å². The lowest BCUT2D eigenvalue weighted by molar-refractivity contribution is 0.102. The van der Waals surface area contributed by atoms with E-state index < -0.39 is 0 Å². The third-order valence-electron chi connectivity index (χ3n) is 5.39. The first-order chi connectivity index (χ1) is 15.8. The molecule has 5 aromatic rings. The molecule has 32 heavy (non-hydrogen) atoms. The predicted octanol–water partition coefficient (Wildman–Crippen LogP) is 5.63. The summed E-state index contributed by atoms with van der Waals surface area (Å²) in [5.74, 6) is 1.35. The normalized spacial score (nSPS) is 11.2. The van der Waals surface area contributed by atoms with Gasteiger partial charge >= 0.3 is 0 Å². The number of nitrogens with zero attached hydrogens (tertiary/aromatic N) is 3. The third-order valence-corrected chi connectivity index (χ3v) is 7.24. The Balaban J connectivity index is 1.35. The maximum atomic E-state index is 13.0. The second-order valence-corrected chi connectivity index (χ2v) is 9.48. The van der Waals surface area contributed by atoms with Crippen LogP contribution in [-0.4, -0.2) is 31.3 Å². The molecule has 0 aliphatic rings. The summed E-state index contributed by atoms with van der Waals surface area (Å²) in [5, 5.41) is 12.8. The molecule has 0 unspecified atom stereocenters. The molecule has 0 atom stereocenters. The summed E-state index contributed by atoms with van der Waals surface area (Å²) >= 11 is 3.18. The van der Waals surface area contributed by atoms with Gasteiger partial charge in [-0.25, -0.2) is 0 Å². The van der Waals surface area contributed by atoms with Crippen molar-refractivity contribution in [2.45, 2.75) is 24.5 Å². The highest BCUT2D eigenvalue weighted by Gasteiger charge is 2.17. The van der Waals surface area contributed by atoms with E-state index in [1.807, 2.05) is 30.3 Å². The number of thioether (sulfide) groups is 1. The van der Waals surface area contributed by atoms with Crippen molar-refractivity contribution in [1.82, 2.24) is 19.7 Å². The summed E-state index contributed by atoms with van der Waals surface area (Å²) in [5.41, 5.74) is 2.97. The molecule has 0 aliphatic heterocycles. The average Bonchev–Trinajstić information content (AvgIpc) is 3.57. The van der Waals surface area contributed by atoms with Gasteiger partial charge in [-0.05, 0) is 29.5 Å². The van der Waals surface area contributed by atoms with Crippen LogP contribution in [0.1, 0.15) is 26.6 Å². The fraction of sp³-hybridized carbons (Fsp3) is 0.160. The number of rotatable bonds is 9. The van der Waals surface area contributed by atoms with E-state index >= 15 is 0 Å². The van der Waals surface area contributed by atoms with Gasteiger partial charge < -0.3 is 9.55 Å². The summed E-state index contributed by atoms with van der Waals surface area (Å²) in [6.45, 7) is 0.779. The SMILES string of the molecule is O=C(CSc1nnc(Cc2cccs2)n1CCc1ccccc1)c1c[nH]c2ccccc12. The fourth-order valence-corrected chi connectivity index (χ4v) is 5.31. The summed E-state index contributed by atoms with van der Waals surface area (Å²) in [7, 11) is 0. The second-order valence-electron chi connectivity index (χ2n) is 7.50. The number of carbonyl (C=O) groups is 1. The number of fused-ring (bicyclic) bond motifs is 1. The molecule has 0 aliphatic carbocycles. The number of hydrogen-bond acceptors (Lipinski definition) is 5. The molecule has 0 amide bonds. The average molecular weight is 459 g/mol. The zero-order valence-electron chi connectivity index (χ0n) is 17.4. The van der Waals surface area contributed by atoms with Crippen molar-refractivity contribution in [2.24, 2.45) is 0 Å². The molecule has 0 saturated carbocycles. The quantitative estimate of drug-likeness (QED) is 0.230. The lowest BCUT2D eigenvalue weighted by Crippen LogP contribution is -2.09. The Kier molecular flexibility index (Phi) is 6.18. The van der Waals surface area contributed by atoms with Crippen molar-refractivity contribution in [1.29, 1.82) is 0 Å². The summed E-state index contributed by atoms with van der Waals surface area (Å²) < 4.78 is 2.17. The molecule has 1 N–H and O–H groups in total. The molecular weight excluding hydrogens is 436 g/mol. The van der Waals surface area contributed by atoms with Crippen molar-refractivity contribution in [3.8, 4) is 0 Å². The number of hydrogen-bond donors (Lipinski definition) is 1. The van der Waals surface area contributed by atoms with Crippen molar-refractivity contribution in [3.63, 3.8) is 0 Å². The molecule has 3 aromatic heterocycles. The Labute approximate surface area is 194 Å². The number of Topliss-reactive ketones (excluding diaryl/α,β-unsaturated/α-hetero) is 1. The molecule has 3 heterocycles. The minimum atomic E-state index is 0.0878. The van der Waals surface area contributed by atoms with Gasteiger partial charge in [-0.3, -0.25) is 4.79 Å². The minimum Gasteiger partial charge on any atom is -0.360 e. The van der Waals surface area contributed by atoms with E-state index in [9.17, 15) is 4.79 Å². The Morgan fingerprint density at radius 3 is 2.69 bits per heavy atom. The van der Waals surface area contributed by atoms with Crippen LogP contribution in [0.4, 0.5) is 0 Å². The zero-order chi connectivity index (χ0) is 21.8. The van der Waals surface area contributed by atoms with Crippen LogP contribution in [0, 0.1) is 0 Å². The van der Waals surface area contributed by atoms with E-state index in [1.54, 1.807) is 17.5 Å². The van der Waals surface area contributed by atoms with Gasteiger partial charge in [0.2, 0.25) is 0 Å². The number of thiophene rings is 1. The van der Waals surface area contributed by atoms with Crippen molar-refractivity contribution in [3.05, 3.63) is 100 Å². The zero-order valence-corrected chi connectivity index (χ0v) is 19.0. The number of aromatic amines is 1. The van der Waals surface area contributed by atoms with Gasteiger partial charge in [-0.1, -0.05) is 66.4 Å². The summed E-state index contributed by atoms with van der Waals surface area (Å²) in [6.07, 6.45) is 3.44. The maximum absolute atomic E-state index is 13.0. The molecule has 5 nitrogen and oxygen atoms in total. The number of H-pyrrole nitrogens is 1. The van der Waals surface area contributed by atoms with E-state index in [0.717, 1.165) is 46.8 Å². The van der Waals surface area contributed by atoms with Crippen LogP contribution < -0.4 is 0 Å². The Morgan fingerprint density at radius 1 is 1.00 bits per heavy atom. The molecule has 160 valence electrons. The monoisotopic (exact) mass is 458 g/mol. The Morgan fingerprint density at radius 2 is 1.84 bits per heavy atom. The van der Waals surface area contributed by atoms with Gasteiger partial charge in [0.1, 0.15) is 5.82 Å². The highest BCUT2D eigenvalue weighted by molar-refractivity contribution is 7.99. The number of benzene rings is 2. The molecule has 0 spiro atoms. The van der Waals surface area contributed by atoms with E-state index in [-0.39, 0.29) is 5.78 Å². The lowest BCUT2D eigenvalue weighted by Gasteiger charge is -2.10. The van der Waals surface area contributed by atoms with Gasteiger partial charge in [0.25, 0.3) is 0 Å². The van der Waals surface area contributed by atoms with Gasteiger partial charge in [-0.15, -0.1) is 21.5 Å². The minimum absolute atomic E-state index is 0.0878. The first-order valence-corrected chi connectivity index (χ1v) is 12.3. The smallest absolute Gasteiger partial charge is 0.191 e. The van der Waals surface area contributed by atoms with Crippen LogP contribution in [-0.2, 0) is 19.4 Å². The first kappa shape index (κ1) is 20.7. The largest absolute Gasteiger partial charge is 0.360 e. The van der Waals surface area contributed by atoms with Gasteiger partial charge in [-0.2, -0.15) is 0 Å². The van der Waals surface area contributed by atoms with Crippen LogP contribution in [0.3, 0.4) is 0 Å². The molecule has 0 radical (unpaired) electrons. The molecular formula is C25H22N4OS2. The van der Waals surface area contributed by atoms with E-state index in [0.29, 0.717) is 5.75 Å². The standard InChI is InChI=1S/C25H22N4OS2/c30-23(21-16-26-22-11-5-4-10-20(21)22)17-32-25-28-27-24(15-19-9-6-14-31-19)29(25)13-12-18-7-2-1-3-8-18/h1-11,14,16,26H,12-13,15,17H2. The van der Waals surface area contributed by atoms with Crippen LogP contribution in [0.15, 0.2) is 83.5 Å². The van der Waals surface area contributed by atoms with Gasteiger partial charge in [0.05, 0.1) is 5.75 Å². The topological polar surface area (TPSA) is 63.6 Å². The number of nitrogens with one attached hydrogen (secondary N) is 1. The highest BCUT2D eigenvalue weighted by atomic mass is 32.2. The molecule has 0 bridgehead atoms. The molecule has 0 fully saturated rings. The van der Waals surface area contributed by atoms with E-state index in [4.69, 9.17) is 0 Å². The van der Waals surface area contributed by atoms with Crippen molar-refractivity contribution in [2.75, 3.05) is 5.75 Å². The Bertz CT molecular complexity index is 1320. The van der Waals surface area contributed by atoms with E-state index in [1.165, 1.54) is 22.2 Å². The summed E-state index contributed by atoms with van der Waals surface area (Å²) in [4.78, 5) is 17.4.